The Morgan fingerprint density at radius 3 is 2.48 bits per heavy atom. The molecule has 4 rings (SSSR count). The molecule has 0 aromatic rings. The van der Waals surface area contributed by atoms with Crippen LogP contribution in [-0.4, -0.2) is 11.6 Å². The van der Waals surface area contributed by atoms with Crippen molar-refractivity contribution in [3.8, 4) is 0 Å². The molecular formula is C27H42O2. The fraction of sp³-hybridized carbons (Fsp3) is 0.852. The van der Waals surface area contributed by atoms with Gasteiger partial charge in [0.25, 0.3) is 0 Å². The van der Waals surface area contributed by atoms with E-state index in [0.29, 0.717) is 41.8 Å². The topological polar surface area (TPSA) is 34.1 Å². The zero-order valence-corrected chi connectivity index (χ0v) is 19.4. The molecule has 0 heterocycles. The van der Waals surface area contributed by atoms with Gasteiger partial charge in [-0.15, -0.1) is 0 Å². The molecule has 2 nitrogen and oxygen atoms in total. The average molecular weight is 399 g/mol. The van der Waals surface area contributed by atoms with Crippen molar-refractivity contribution in [2.45, 2.75) is 98.8 Å². The van der Waals surface area contributed by atoms with Crippen LogP contribution >= 0.6 is 0 Å². The molecule has 29 heavy (non-hydrogen) atoms. The van der Waals surface area contributed by atoms with Gasteiger partial charge in [0.15, 0.2) is 11.6 Å². The van der Waals surface area contributed by atoms with E-state index < -0.39 is 0 Å². The Morgan fingerprint density at radius 1 is 1.00 bits per heavy atom. The number of rotatable bonds is 5. The number of hydrogen-bond donors (Lipinski definition) is 0. The van der Waals surface area contributed by atoms with Crippen molar-refractivity contribution in [3.63, 3.8) is 0 Å². The van der Waals surface area contributed by atoms with Crippen LogP contribution in [0.4, 0.5) is 0 Å². The first-order chi connectivity index (χ1) is 13.7. The second kappa shape index (κ2) is 7.65. The molecule has 0 spiro atoms. The summed E-state index contributed by atoms with van der Waals surface area (Å²) >= 11 is 0. The van der Waals surface area contributed by atoms with Crippen LogP contribution in [0.15, 0.2) is 11.6 Å². The van der Waals surface area contributed by atoms with Crippen LogP contribution in [0.1, 0.15) is 98.8 Å². The summed E-state index contributed by atoms with van der Waals surface area (Å²) < 4.78 is 0. The van der Waals surface area contributed by atoms with Crippen LogP contribution in [-0.2, 0) is 9.59 Å². The van der Waals surface area contributed by atoms with E-state index in [2.05, 4.69) is 34.6 Å². The summed E-state index contributed by atoms with van der Waals surface area (Å²) in [5.41, 5.74) is 1.26. The maximum atomic E-state index is 13.1. The predicted octanol–water partition coefficient (Wildman–Crippen LogP) is 6.78. The molecule has 0 radical (unpaired) electrons. The number of ketones is 2. The third-order valence-electron chi connectivity index (χ3n) is 9.99. The van der Waals surface area contributed by atoms with Crippen molar-refractivity contribution in [1.29, 1.82) is 0 Å². The van der Waals surface area contributed by atoms with E-state index >= 15 is 0 Å². The Kier molecular flexibility index (Phi) is 5.62. The van der Waals surface area contributed by atoms with E-state index in [1.165, 1.54) is 44.9 Å². The van der Waals surface area contributed by atoms with E-state index in [1.807, 2.05) is 0 Å². The number of hydrogen-bond acceptors (Lipinski definition) is 2. The second-order valence-electron chi connectivity index (χ2n) is 12.0. The lowest BCUT2D eigenvalue weighted by Crippen LogP contribution is -2.53. The summed E-state index contributed by atoms with van der Waals surface area (Å²) in [7, 11) is 0. The Balaban J connectivity index is 1.54. The van der Waals surface area contributed by atoms with Crippen molar-refractivity contribution in [2.75, 3.05) is 0 Å². The maximum absolute atomic E-state index is 13.1. The van der Waals surface area contributed by atoms with Crippen molar-refractivity contribution < 1.29 is 9.59 Å². The molecule has 162 valence electrons. The van der Waals surface area contributed by atoms with Gasteiger partial charge < -0.3 is 0 Å². The van der Waals surface area contributed by atoms with Crippen molar-refractivity contribution >= 4 is 11.6 Å². The predicted molar refractivity (Wildman–Crippen MR) is 118 cm³/mol. The second-order valence-corrected chi connectivity index (χ2v) is 12.0. The van der Waals surface area contributed by atoms with Crippen molar-refractivity contribution in [1.82, 2.24) is 0 Å². The smallest absolute Gasteiger partial charge is 0.159 e. The van der Waals surface area contributed by atoms with Crippen molar-refractivity contribution in [3.05, 3.63) is 11.6 Å². The van der Waals surface area contributed by atoms with E-state index in [-0.39, 0.29) is 11.2 Å². The van der Waals surface area contributed by atoms with Crippen LogP contribution in [0, 0.1) is 46.3 Å². The Labute approximate surface area is 178 Å². The SMILES string of the molecule is CC(C)CCC[C@@H](C)[C@@H]1CC[C@@H]2[C@H]3CC(=O)C4=CC(=O)CC[C@]4(C)[C@@H]3CC[C@@]21C. The van der Waals surface area contributed by atoms with Gasteiger partial charge in [-0.25, -0.2) is 0 Å². The molecule has 0 N–H and O–H groups in total. The summed E-state index contributed by atoms with van der Waals surface area (Å²) in [4.78, 5) is 25.1. The molecule has 0 bridgehead atoms. The molecule has 0 saturated heterocycles. The molecule has 2 heteroatoms. The van der Waals surface area contributed by atoms with E-state index in [4.69, 9.17) is 0 Å². The normalized spacial score (nSPS) is 42.9. The van der Waals surface area contributed by atoms with Gasteiger partial charge in [-0.05, 0) is 84.5 Å². The molecule has 3 saturated carbocycles. The first-order valence-corrected chi connectivity index (χ1v) is 12.4. The highest BCUT2D eigenvalue weighted by atomic mass is 16.1. The lowest BCUT2D eigenvalue weighted by Gasteiger charge is -2.57. The first kappa shape index (κ1) is 21.3. The zero-order valence-electron chi connectivity index (χ0n) is 19.4. The first-order valence-electron chi connectivity index (χ1n) is 12.4. The fourth-order valence-electron chi connectivity index (χ4n) is 8.41. The molecular weight excluding hydrogens is 356 g/mol. The minimum Gasteiger partial charge on any atom is -0.295 e. The minimum atomic E-state index is -0.0454. The molecule has 7 atom stereocenters. The quantitative estimate of drug-likeness (QED) is 0.512. The van der Waals surface area contributed by atoms with Crippen molar-refractivity contribution in [2.24, 2.45) is 46.3 Å². The molecule has 4 aliphatic carbocycles. The maximum Gasteiger partial charge on any atom is 0.159 e. The Hall–Kier alpha value is -0.920. The van der Waals surface area contributed by atoms with Gasteiger partial charge in [0.05, 0.1) is 0 Å². The van der Waals surface area contributed by atoms with Crippen LogP contribution < -0.4 is 0 Å². The lowest BCUT2D eigenvalue weighted by atomic mass is 9.46. The average Bonchev–Trinajstić information content (AvgIpc) is 3.00. The van der Waals surface area contributed by atoms with E-state index in [0.717, 1.165) is 29.7 Å². The lowest BCUT2D eigenvalue weighted by molar-refractivity contribution is -0.131. The van der Waals surface area contributed by atoms with Gasteiger partial charge in [-0.2, -0.15) is 0 Å². The third-order valence-corrected chi connectivity index (χ3v) is 9.99. The molecule has 3 fully saturated rings. The van der Waals surface area contributed by atoms with Crippen LogP contribution in [0.5, 0.6) is 0 Å². The number of carbonyl (C=O) groups is 2. The zero-order chi connectivity index (χ0) is 21.0. The highest BCUT2D eigenvalue weighted by Gasteiger charge is 2.60. The molecule has 0 aliphatic heterocycles. The highest BCUT2D eigenvalue weighted by Crippen LogP contribution is 2.67. The molecule has 0 aromatic carbocycles. The summed E-state index contributed by atoms with van der Waals surface area (Å²) in [5.74, 6) is 4.76. The van der Waals surface area contributed by atoms with Crippen LogP contribution in [0.3, 0.4) is 0 Å². The largest absolute Gasteiger partial charge is 0.295 e. The Bertz CT molecular complexity index is 703. The standard InChI is InChI=1S/C27H42O2/c1-17(2)7-6-8-18(3)21-9-10-22-20-16-25(29)24-15-19(28)11-13-27(24,5)23(20)12-14-26(21,22)4/h15,17-18,20-23H,6-14,16H2,1-5H3/t18-,20-,21+,22-,23-,26-,27-/m1/s1. The minimum absolute atomic E-state index is 0.0454. The van der Waals surface area contributed by atoms with Gasteiger partial charge in [0.2, 0.25) is 0 Å². The van der Waals surface area contributed by atoms with E-state index in [1.54, 1.807) is 6.08 Å². The molecule has 0 amide bonds. The monoisotopic (exact) mass is 398 g/mol. The van der Waals surface area contributed by atoms with Crippen LogP contribution in [0.2, 0.25) is 0 Å². The number of allylic oxidation sites excluding steroid dienone is 1. The summed E-state index contributed by atoms with van der Waals surface area (Å²) in [5, 5.41) is 0. The van der Waals surface area contributed by atoms with Gasteiger partial charge >= 0.3 is 0 Å². The van der Waals surface area contributed by atoms with E-state index in [9.17, 15) is 9.59 Å². The summed E-state index contributed by atoms with van der Waals surface area (Å²) in [6.07, 6.45) is 13.3. The van der Waals surface area contributed by atoms with Gasteiger partial charge in [-0.3, -0.25) is 9.59 Å². The molecule has 0 aromatic heterocycles. The van der Waals surface area contributed by atoms with Gasteiger partial charge in [0, 0.05) is 18.4 Å². The highest BCUT2D eigenvalue weighted by molar-refractivity contribution is 6.05. The number of Topliss-reactive ketones (excluding diaryl/α,β-unsaturated/α-hetero) is 1. The Morgan fingerprint density at radius 2 is 1.76 bits per heavy atom. The number of carbonyl (C=O) groups excluding carboxylic acids is 2. The van der Waals surface area contributed by atoms with Crippen LogP contribution in [0.25, 0.3) is 0 Å². The van der Waals surface area contributed by atoms with Gasteiger partial charge in [-0.1, -0.05) is 53.9 Å². The summed E-state index contributed by atoms with van der Waals surface area (Å²) in [6.45, 7) is 12.1. The summed E-state index contributed by atoms with van der Waals surface area (Å²) in [6, 6.07) is 0. The van der Waals surface area contributed by atoms with Gasteiger partial charge in [0.1, 0.15) is 0 Å². The fourth-order valence-corrected chi connectivity index (χ4v) is 8.41. The molecule has 4 aliphatic rings. The number of fused-ring (bicyclic) bond motifs is 5. The molecule has 0 unspecified atom stereocenters. The third kappa shape index (κ3) is 3.47.